The van der Waals surface area contributed by atoms with E-state index < -0.39 is 73.5 Å². The van der Waals surface area contributed by atoms with Crippen LogP contribution >= 0.6 is 0 Å². The van der Waals surface area contributed by atoms with Gasteiger partial charge in [-0.15, -0.1) is 0 Å². The molecule has 13 heteroatoms. The fraction of sp³-hybridized carbons (Fsp3) is 0.950. The summed E-state index contributed by atoms with van der Waals surface area (Å²) < 4.78 is 23.4. The van der Waals surface area contributed by atoms with Crippen molar-refractivity contribution in [2.45, 2.75) is 210 Å². The van der Waals surface area contributed by atoms with Gasteiger partial charge in [-0.3, -0.25) is 4.79 Å². The Hall–Kier alpha value is -1.42. The van der Waals surface area contributed by atoms with Crippen LogP contribution in [0.25, 0.3) is 0 Å². The van der Waals surface area contributed by atoms with E-state index in [0.717, 1.165) is 45.4 Å². The second kappa shape index (κ2) is 30.8. The topological polar surface area (TPSA) is 204 Å². The molecule has 13 nitrogen and oxygen atoms in total. The van der Waals surface area contributed by atoms with Gasteiger partial charge in [0.05, 0.1) is 25.9 Å². The highest BCUT2D eigenvalue weighted by Crippen LogP contribution is 2.34. The Morgan fingerprint density at radius 2 is 1.17 bits per heavy atom. The maximum absolute atomic E-state index is 12.7. The summed E-state index contributed by atoms with van der Waals surface area (Å²) in [6, 6.07) is -1.53. The molecule has 1 amide bonds. The lowest BCUT2D eigenvalue weighted by molar-refractivity contribution is -0.351. The van der Waals surface area contributed by atoms with Gasteiger partial charge in [0, 0.05) is 20.1 Å². The largest absolute Gasteiger partial charge is 0.477 e. The van der Waals surface area contributed by atoms with E-state index in [9.17, 15) is 40.2 Å². The number of aliphatic hydroxyl groups is 5. The minimum absolute atomic E-state index is 0.0911. The van der Waals surface area contributed by atoms with Crippen LogP contribution in [0.2, 0.25) is 0 Å². The Morgan fingerprint density at radius 3 is 1.60 bits per heavy atom. The molecule has 8 atom stereocenters. The van der Waals surface area contributed by atoms with Crippen molar-refractivity contribution in [2.24, 2.45) is 0 Å². The van der Waals surface area contributed by atoms with E-state index in [0.29, 0.717) is 13.2 Å². The number of hydrogen-bond donors (Lipinski definition) is 7. The molecule has 314 valence electrons. The third-order valence-electron chi connectivity index (χ3n) is 10.1. The molecule has 1 aliphatic rings. The van der Waals surface area contributed by atoms with Crippen LogP contribution in [0, 0.1) is 0 Å². The number of aliphatic carboxylic acids is 1. The zero-order valence-electron chi connectivity index (χ0n) is 33.3. The van der Waals surface area contributed by atoms with Gasteiger partial charge in [-0.2, -0.15) is 0 Å². The lowest BCUT2D eigenvalue weighted by atomic mass is 9.86. The summed E-state index contributed by atoms with van der Waals surface area (Å²) in [4.78, 5) is 24.5. The summed E-state index contributed by atoms with van der Waals surface area (Å²) in [5.41, 5.74) is 0. The number of aliphatic hydroxyl groups excluding tert-OH is 5. The van der Waals surface area contributed by atoms with E-state index in [2.05, 4.69) is 19.2 Å². The van der Waals surface area contributed by atoms with Gasteiger partial charge < -0.3 is 54.9 Å². The standard InChI is InChI=1S/C40H77NO12/c1-4-6-8-10-12-14-16-17-19-21-23-25-27-51-32(29-50-26-24-22-20-18-15-13-11-9-7-5-2)30-52-40(39(48)49)38(47)36(46)34(41-31(3)43)37(53-40)35(45)33(44)28-42/h32-38,42,44-47H,4-30H2,1-3H3,(H,41,43)(H,48,49)/t32-,33-,34-,35-,36-,37-,38+,40+/m1/s1. The number of nitrogens with one attached hydrogen (secondary N) is 1. The maximum Gasteiger partial charge on any atom is 0.367 e. The Morgan fingerprint density at radius 1 is 0.717 bits per heavy atom. The summed E-state index contributed by atoms with van der Waals surface area (Å²) in [5.74, 6) is -5.37. The molecule has 0 saturated carbocycles. The van der Waals surface area contributed by atoms with Crippen molar-refractivity contribution in [1.29, 1.82) is 0 Å². The van der Waals surface area contributed by atoms with E-state index in [1.165, 1.54) is 103 Å². The van der Waals surface area contributed by atoms with Gasteiger partial charge in [-0.25, -0.2) is 4.79 Å². The highest BCUT2D eigenvalue weighted by molar-refractivity contribution is 5.77. The lowest BCUT2D eigenvalue weighted by Gasteiger charge is -2.49. The molecule has 7 N–H and O–H groups in total. The number of carboxylic acids is 1. The van der Waals surface area contributed by atoms with Crippen molar-refractivity contribution >= 4 is 11.9 Å². The van der Waals surface area contributed by atoms with Crippen LogP contribution in [0.1, 0.15) is 162 Å². The summed E-state index contributed by atoms with van der Waals surface area (Å²) in [6.07, 6.45) is 15.8. The van der Waals surface area contributed by atoms with Crippen LogP contribution in [0.5, 0.6) is 0 Å². The first-order valence-electron chi connectivity index (χ1n) is 20.9. The van der Waals surface area contributed by atoms with Crippen LogP contribution < -0.4 is 5.32 Å². The van der Waals surface area contributed by atoms with Gasteiger partial charge in [0.15, 0.2) is 0 Å². The maximum atomic E-state index is 12.7. The van der Waals surface area contributed by atoms with Crippen molar-refractivity contribution in [3.05, 3.63) is 0 Å². The number of unbranched alkanes of at least 4 members (excludes halogenated alkanes) is 20. The fourth-order valence-electron chi connectivity index (χ4n) is 6.79. The molecule has 0 unspecified atom stereocenters. The highest BCUT2D eigenvalue weighted by atomic mass is 16.7. The van der Waals surface area contributed by atoms with Crippen LogP contribution in [0.4, 0.5) is 0 Å². The summed E-state index contributed by atoms with van der Waals surface area (Å²) in [6.45, 7) is 5.21. The molecule has 1 rings (SSSR count). The van der Waals surface area contributed by atoms with Crippen molar-refractivity contribution in [2.75, 3.05) is 33.0 Å². The minimum atomic E-state index is -2.90. The summed E-state index contributed by atoms with van der Waals surface area (Å²) in [5, 5.41) is 64.9. The monoisotopic (exact) mass is 764 g/mol. The van der Waals surface area contributed by atoms with Crippen molar-refractivity contribution in [1.82, 2.24) is 5.32 Å². The van der Waals surface area contributed by atoms with E-state index in [-0.39, 0.29) is 6.61 Å². The van der Waals surface area contributed by atoms with Crippen molar-refractivity contribution in [3.8, 4) is 0 Å². The third-order valence-corrected chi connectivity index (χ3v) is 10.1. The quantitative estimate of drug-likeness (QED) is 0.0419. The molecule has 0 spiro atoms. The molecular formula is C40H77NO12. The number of ether oxygens (including phenoxy) is 4. The number of hydrogen-bond acceptors (Lipinski definition) is 11. The van der Waals surface area contributed by atoms with Crippen LogP contribution in [0.3, 0.4) is 0 Å². The van der Waals surface area contributed by atoms with E-state index in [4.69, 9.17) is 18.9 Å². The number of carbonyl (C=O) groups excluding carboxylic acids is 1. The molecule has 0 aromatic carbocycles. The first-order chi connectivity index (χ1) is 25.5. The lowest BCUT2D eigenvalue weighted by Crippen LogP contribution is -2.74. The molecule has 1 fully saturated rings. The van der Waals surface area contributed by atoms with E-state index >= 15 is 0 Å². The van der Waals surface area contributed by atoms with Gasteiger partial charge in [-0.05, 0) is 12.8 Å². The average Bonchev–Trinajstić information content (AvgIpc) is 3.14. The van der Waals surface area contributed by atoms with Gasteiger partial charge in [-0.1, -0.05) is 142 Å². The Kier molecular flexibility index (Phi) is 28.8. The Labute approximate surface area is 319 Å². The smallest absolute Gasteiger partial charge is 0.367 e. The zero-order valence-corrected chi connectivity index (χ0v) is 33.3. The third kappa shape index (κ3) is 20.4. The minimum Gasteiger partial charge on any atom is -0.477 e. The Bertz CT molecular complexity index is 913. The highest BCUT2D eigenvalue weighted by Gasteiger charge is 2.62. The number of amides is 1. The first kappa shape index (κ1) is 49.6. The van der Waals surface area contributed by atoms with Crippen molar-refractivity contribution < 1.29 is 59.2 Å². The molecule has 1 aliphatic heterocycles. The van der Waals surface area contributed by atoms with Crippen LogP contribution in [-0.4, -0.2) is 124 Å². The zero-order chi connectivity index (χ0) is 39.3. The number of carboxylic acid groups (broad SMARTS) is 1. The molecule has 53 heavy (non-hydrogen) atoms. The predicted octanol–water partition coefficient (Wildman–Crippen LogP) is 5.15. The van der Waals surface area contributed by atoms with Crippen LogP contribution in [0.15, 0.2) is 0 Å². The molecular weight excluding hydrogens is 686 g/mol. The summed E-state index contributed by atoms with van der Waals surface area (Å²) >= 11 is 0. The van der Waals surface area contributed by atoms with E-state index in [1.807, 2.05) is 0 Å². The van der Waals surface area contributed by atoms with Crippen molar-refractivity contribution in [3.63, 3.8) is 0 Å². The first-order valence-corrected chi connectivity index (χ1v) is 20.9. The molecule has 0 radical (unpaired) electrons. The van der Waals surface area contributed by atoms with E-state index in [1.54, 1.807) is 0 Å². The number of carbonyl (C=O) groups is 2. The van der Waals surface area contributed by atoms with Gasteiger partial charge in [0.1, 0.15) is 36.6 Å². The summed E-state index contributed by atoms with van der Waals surface area (Å²) in [7, 11) is 0. The molecule has 0 aliphatic carbocycles. The van der Waals surface area contributed by atoms with Gasteiger partial charge in [0.25, 0.3) is 5.79 Å². The molecule has 0 aromatic rings. The van der Waals surface area contributed by atoms with Gasteiger partial charge in [0.2, 0.25) is 5.91 Å². The molecule has 0 bridgehead atoms. The normalized spacial score (nSPS) is 23.5. The fourth-order valence-corrected chi connectivity index (χ4v) is 6.79. The molecule has 0 aromatic heterocycles. The number of rotatable bonds is 35. The Balaban J connectivity index is 2.78. The molecule has 1 heterocycles. The SMILES string of the molecule is CCCCCCCCCCCCCCO[C@H](COCCCCCCCCCCCC)CO[C@]1(C(=O)O)O[C@@H]([C@H](O)[C@H](O)CO)[C@H](NC(C)=O)[C@@H](O)[C@@H]1O. The molecule has 1 saturated heterocycles. The predicted molar refractivity (Wildman–Crippen MR) is 203 cm³/mol. The average molecular weight is 764 g/mol. The van der Waals surface area contributed by atoms with Crippen LogP contribution in [-0.2, 0) is 28.5 Å². The second-order valence-electron chi connectivity index (χ2n) is 14.9. The van der Waals surface area contributed by atoms with Gasteiger partial charge >= 0.3 is 5.97 Å². The second-order valence-corrected chi connectivity index (χ2v) is 14.9.